The summed E-state index contributed by atoms with van der Waals surface area (Å²) in [6.07, 6.45) is 3.81. The second-order valence-corrected chi connectivity index (χ2v) is 6.74. The van der Waals surface area contributed by atoms with E-state index in [4.69, 9.17) is 4.74 Å². The Morgan fingerprint density at radius 1 is 1.40 bits per heavy atom. The van der Waals surface area contributed by atoms with E-state index in [1.54, 1.807) is 24.6 Å². The van der Waals surface area contributed by atoms with Crippen molar-refractivity contribution in [3.8, 4) is 5.75 Å². The minimum Gasteiger partial charge on any atom is -0.496 e. The van der Waals surface area contributed by atoms with Gasteiger partial charge >= 0.3 is 0 Å². The number of aromatic nitrogens is 3. The van der Waals surface area contributed by atoms with Gasteiger partial charge in [0, 0.05) is 30.4 Å². The quantitative estimate of drug-likeness (QED) is 0.737. The van der Waals surface area contributed by atoms with Crippen LogP contribution >= 0.6 is 11.3 Å². The molecule has 130 valence electrons. The van der Waals surface area contributed by atoms with Gasteiger partial charge < -0.3 is 14.6 Å². The van der Waals surface area contributed by atoms with Crippen LogP contribution in [0.15, 0.2) is 42.0 Å². The van der Waals surface area contributed by atoms with Crippen molar-refractivity contribution in [2.45, 2.75) is 19.4 Å². The Bertz CT molecular complexity index is 871. The zero-order valence-electron chi connectivity index (χ0n) is 14.4. The van der Waals surface area contributed by atoms with Crippen molar-refractivity contribution in [2.75, 3.05) is 7.11 Å². The molecule has 1 N–H and O–H groups in total. The number of imidazole rings is 1. The van der Waals surface area contributed by atoms with Gasteiger partial charge in [-0.1, -0.05) is 18.2 Å². The first-order chi connectivity index (χ1) is 12.1. The summed E-state index contributed by atoms with van der Waals surface area (Å²) in [5.74, 6) is 1.34. The lowest BCUT2D eigenvalue weighted by atomic mass is 10.0. The second-order valence-electron chi connectivity index (χ2n) is 5.67. The Hall–Kier alpha value is -2.67. The number of hydrogen-bond acceptors (Lipinski definition) is 5. The molecule has 0 radical (unpaired) electrons. The highest BCUT2D eigenvalue weighted by Crippen LogP contribution is 2.29. The summed E-state index contributed by atoms with van der Waals surface area (Å²) in [5, 5.41) is 5.93. The maximum absolute atomic E-state index is 12.6. The van der Waals surface area contributed by atoms with Crippen molar-refractivity contribution in [1.82, 2.24) is 19.9 Å². The number of para-hydroxylation sites is 1. The molecule has 7 heteroatoms. The second kappa shape index (κ2) is 7.48. The molecule has 1 atom stereocenters. The van der Waals surface area contributed by atoms with Gasteiger partial charge in [0.05, 0.1) is 24.2 Å². The third-order valence-corrected chi connectivity index (χ3v) is 4.70. The van der Waals surface area contributed by atoms with Crippen molar-refractivity contribution in [2.24, 2.45) is 7.05 Å². The van der Waals surface area contributed by atoms with Crippen LogP contribution in [0.3, 0.4) is 0 Å². The largest absolute Gasteiger partial charge is 0.496 e. The van der Waals surface area contributed by atoms with Crippen molar-refractivity contribution >= 4 is 17.2 Å². The van der Waals surface area contributed by atoms with Crippen molar-refractivity contribution in [3.63, 3.8) is 0 Å². The van der Waals surface area contributed by atoms with Gasteiger partial charge in [0.1, 0.15) is 17.6 Å². The molecule has 0 saturated heterocycles. The number of aryl methyl sites for hydroxylation is 2. The van der Waals surface area contributed by atoms with Gasteiger partial charge in [-0.25, -0.2) is 9.97 Å². The van der Waals surface area contributed by atoms with Gasteiger partial charge in [-0.05, 0) is 13.0 Å². The first-order valence-corrected chi connectivity index (χ1v) is 8.77. The zero-order valence-corrected chi connectivity index (χ0v) is 15.2. The number of carbonyl (C=O) groups is 1. The lowest BCUT2D eigenvalue weighted by Gasteiger charge is -2.21. The molecule has 1 aromatic carbocycles. The first-order valence-electron chi connectivity index (χ1n) is 7.89. The Kier molecular flexibility index (Phi) is 5.14. The number of benzene rings is 1. The molecule has 25 heavy (non-hydrogen) atoms. The van der Waals surface area contributed by atoms with Crippen LogP contribution in [0.2, 0.25) is 0 Å². The molecule has 6 nitrogen and oxygen atoms in total. The van der Waals surface area contributed by atoms with E-state index in [1.807, 2.05) is 54.4 Å². The SMILES string of the molecule is COc1ccccc1C(NC(=O)Cc1csc(C)n1)c1nccn1C. The van der Waals surface area contributed by atoms with Gasteiger partial charge in [-0.2, -0.15) is 0 Å². The molecule has 0 spiro atoms. The molecular formula is C18H20N4O2S. The Balaban J connectivity index is 1.89. The third-order valence-electron chi connectivity index (χ3n) is 3.88. The minimum absolute atomic E-state index is 0.107. The fraction of sp³-hybridized carbons (Fsp3) is 0.278. The molecule has 0 fully saturated rings. The number of thiazole rings is 1. The van der Waals surface area contributed by atoms with Crippen molar-refractivity contribution < 1.29 is 9.53 Å². The molecular weight excluding hydrogens is 336 g/mol. The monoisotopic (exact) mass is 356 g/mol. The third kappa shape index (κ3) is 3.88. The molecule has 3 aromatic rings. The standard InChI is InChI=1S/C18H20N4O2S/c1-12-20-13(11-25-12)10-16(23)21-17(18-19-8-9-22(18)2)14-6-4-5-7-15(14)24-3/h4-9,11,17H,10H2,1-3H3,(H,21,23). The van der Waals surface area contributed by atoms with E-state index in [1.165, 1.54) is 0 Å². The van der Waals surface area contributed by atoms with E-state index in [2.05, 4.69) is 15.3 Å². The molecule has 0 saturated carbocycles. The molecule has 0 aliphatic carbocycles. The summed E-state index contributed by atoms with van der Waals surface area (Å²) >= 11 is 1.54. The van der Waals surface area contributed by atoms with Crippen LogP contribution in [0.4, 0.5) is 0 Å². The number of nitrogens with zero attached hydrogens (tertiary/aromatic N) is 3. The van der Waals surface area contributed by atoms with Crippen molar-refractivity contribution in [1.29, 1.82) is 0 Å². The van der Waals surface area contributed by atoms with Crippen LogP contribution < -0.4 is 10.1 Å². The van der Waals surface area contributed by atoms with E-state index in [0.717, 1.165) is 22.1 Å². The Labute approximate surface area is 150 Å². The van der Waals surface area contributed by atoms with E-state index in [0.29, 0.717) is 5.75 Å². The molecule has 3 rings (SSSR count). The van der Waals surface area contributed by atoms with Gasteiger partial charge in [0.25, 0.3) is 0 Å². The maximum atomic E-state index is 12.6. The highest BCUT2D eigenvalue weighted by molar-refractivity contribution is 7.09. The van der Waals surface area contributed by atoms with Crippen LogP contribution in [0, 0.1) is 6.92 Å². The summed E-state index contributed by atoms with van der Waals surface area (Å²) in [6, 6.07) is 7.23. The smallest absolute Gasteiger partial charge is 0.226 e. The molecule has 0 aliphatic heterocycles. The molecule has 0 bridgehead atoms. The summed E-state index contributed by atoms with van der Waals surface area (Å²) in [7, 11) is 3.52. The summed E-state index contributed by atoms with van der Waals surface area (Å²) < 4.78 is 7.36. The van der Waals surface area contributed by atoms with Crippen LogP contribution in [0.5, 0.6) is 5.75 Å². The highest BCUT2D eigenvalue weighted by Gasteiger charge is 2.24. The molecule has 1 unspecified atom stereocenters. The maximum Gasteiger partial charge on any atom is 0.226 e. The molecule has 2 aromatic heterocycles. The Morgan fingerprint density at radius 3 is 2.84 bits per heavy atom. The highest BCUT2D eigenvalue weighted by atomic mass is 32.1. The first kappa shape index (κ1) is 17.2. The number of rotatable bonds is 6. The molecule has 0 aliphatic rings. The number of carbonyl (C=O) groups excluding carboxylic acids is 1. The van der Waals surface area contributed by atoms with Gasteiger partial charge in [0.2, 0.25) is 5.91 Å². The lowest BCUT2D eigenvalue weighted by Crippen LogP contribution is -2.32. The zero-order chi connectivity index (χ0) is 17.8. The predicted molar refractivity (Wildman–Crippen MR) is 96.7 cm³/mol. The fourth-order valence-electron chi connectivity index (χ4n) is 2.71. The normalized spacial score (nSPS) is 12.0. The van der Waals surface area contributed by atoms with E-state index in [-0.39, 0.29) is 12.3 Å². The molecule has 2 heterocycles. The van der Waals surface area contributed by atoms with Gasteiger partial charge in [-0.3, -0.25) is 4.79 Å². The summed E-state index contributed by atoms with van der Waals surface area (Å²) in [4.78, 5) is 21.4. The summed E-state index contributed by atoms with van der Waals surface area (Å²) in [5.41, 5.74) is 1.64. The van der Waals surface area contributed by atoms with E-state index < -0.39 is 6.04 Å². The fourth-order valence-corrected chi connectivity index (χ4v) is 3.32. The van der Waals surface area contributed by atoms with Crippen LogP contribution in [-0.2, 0) is 18.3 Å². The number of amides is 1. The average Bonchev–Trinajstić information content (AvgIpc) is 3.21. The predicted octanol–water partition coefficient (Wildman–Crippen LogP) is 2.64. The Morgan fingerprint density at radius 2 is 2.20 bits per heavy atom. The number of methoxy groups -OCH3 is 1. The summed E-state index contributed by atoms with van der Waals surface area (Å²) in [6.45, 7) is 1.93. The topological polar surface area (TPSA) is 69.0 Å². The minimum atomic E-state index is -0.400. The van der Waals surface area contributed by atoms with Gasteiger partial charge in [-0.15, -0.1) is 11.3 Å². The van der Waals surface area contributed by atoms with Crippen LogP contribution in [0.1, 0.15) is 28.1 Å². The number of hydrogen-bond donors (Lipinski definition) is 1. The van der Waals surface area contributed by atoms with Gasteiger partial charge in [0.15, 0.2) is 0 Å². The lowest BCUT2D eigenvalue weighted by molar-refractivity contribution is -0.121. The van der Waals surface area contributed by atoms with Crippen molar-refractivity contribution in [3.05, 3.63) is 64.1 Å². The van der Waals surface area contributed by atoms with E-state index in [9.17, 15) is 4.79 Å². The van der Waals surface area contributed by atoms with Crippen LogP contribution in [0.25, 0.3) is 0 Å². The van der Waals surface area contributed by atoms with E-state index >= 15 is 0 Å². The number of ether oxygens (including phenoxy) is 1. The average molecular weight is 356 g/mol. The van der Waals surface area contributed by atoms with Crippen LogP contribution in [-0.4, -0.2) is 27.6 Å². The number of nitrogens with one attached hydrogen (secondary N) is 1. The molecule has 1 amide bonds.